The molecule has 1 saturated heterocycles. The number of fused-ring (bicyclic) bond motifs is 1. The summed E-state index contributed by atoms with van der Waals surface area (Å²) in [5.74, 6) is -3.37. The number of carbonyl (C=O) groups excluding carboxylic acids is 1. The summed E-state index contributed by atoms with van der Waals surface area (Å²) in [6.07, 6.45) is 0.561. The highest BCUT2D eigenvalue weighted by Crippen LogP contribution is 2.28. The van der Waals surface area contributed by atoms with E-state index < -0.39 is 39.6 Å². The number of piperidine rings is 1. The van der Waals surface area contributed by atoms with Gasteiger partial charge >= 0.3 is 0 Å². The number of imidazole rings is 1. The third kappa shape index (κ3) is 4.09. The molecule has 0 bridgehead atoms. The molecule has 0 radical (unpaired) electrons. The molecule has 1 aliphatic heterocycles. The molecule has 0 saturated carbocycles. The number of nitrogens with zero attached hydrogens (tertiary/aromatic N) is 2. The van der Waals surface area contributed by atoms with Gasteiger partial charge in [0.05, 0.1) is 33.9 Å². The van der Waals surface area contributed by atoms with Crippen molar-refractivity contribution in [2.75, 3.05) is 25.0 Å². The summed E-state index contributed by atoms with van der Waals surface area (Å²) < 4.78 is 54.1. The Hall–Kier alpha value is -2.93. The van der Waals surface area contributed by atoms with E-state index >= 15 is 0 Å². The number of anilines is 1. The first-order valence-corrected chi connectivity index (χ1v) is 11.2. The van der Waals surface area contributed by atoms with Gasteiger partial charge in [0.25, 0.3) is 5.91 Å². The fraction of sp³-hybridized carbons (Fsp3) is 0.300. The third-order valence-electron chi connectivity index (χ3n) is 5.48. The lowest BCUT2D eigenvalue weighted by atomic mass is 9.96. The van der Waals surface area contributed by atoms with Gasteiger partial charge in [0.1, 0.15) is 0 Å². The smallest absolute Gasteiger partial charge is 0.257 e. The first-order chi connectivity index (χ1) is 15.2. The monoisotopic (exact) mass is 466 g/mol. The molecule has 2 aromatic carbocycles. The number of aliphatic hydroxyl groups is 2. The van der Waals surface area contributed by atoms with E-state index in [1.165, 1.54) is 18.5 Å². The zero-order chi connectivity index (χ0) is 23.0. The van der Waals surface area contributed by atoms with Crippen LogP contribution in [0.4, 0.5) is 14.5 Å². The zero-order valence-electron chi connectivity index (χ0n) is 16.6. The van der Waals surface area contributed by atoms with E-state index in [9.17, 15) is 32.2 Å². The van der Waals surface area contributed by atoms with Crippen LogP contribution in [0, 0.1) is 17.6 Å². The van der Waals surface area contributed by atoms with Gasteiger partial charge in [-0.1, -0.05) is 0 Å². The van der Waals surface area contributed by atoms with Gasteiger partial charge in [-0.15, -0.1) is 0 Å². The fourth-order valence-electron chi connectivity index (χ4n) is 3.65. The average molecular weight is 466 g/mol. The number of sulfonamides is 1. The zero-order valence-corrected chi connectivity index (χ0v) is 17.4. The van der Waals surface area contributed by atoms with Crippen LogP contribution < -0.4 is 5.32 Å². The second kappa shape index (κ2) is 8.54. The van der Waals surface area contributed by atoms with Crippen molar-refractivity contribution >= 4 is 32.7 Å². The van der Waals surface area contributed by atoms with Crippen LogP contribution in [0.25, 0.3) is 11.0 Å². The van der Waals surface area contributed by atoms with E-state index in [4.69, 9.17) is 0 Å². The van der Waals surface area contributed by atoms with Gasteiger partial charge in [0.2, 0.25) is 10.0 Å². The first kappa shape index (κ1) is 22.3. The minimum absolute atomic E-state index is 0.0102. The van der Waals surface area contributed by atoms with Gasteiger partial charge in [-0.2, -0.15) is 4.31 Å². The summed E-state index contributed by atoms with van der Waals surface area (Å²) in [7, 11) is -4.09. The molecule has 2 atom stereocenters. The summed E-state index contributed by atoms with van der Waals surface area (Å²) in [6, 6.07) is 5.31. The summed E-state index contributed by atoms with van der Waals surface area (Å²) in [5.41, 5.74) is 0.411. The van der Waals surface area contributed by atoms with Crippen LogP contribution in [0.3, 0.4) is 0 Å². The molecule has 1 aliphatic rings. The van der Waals surface area contributed by atoms with Gasteiger partial charge in [-0.25, -0.2) is 22.2 Å². The molecule has 2 heterocycles. The van der Waals surface area contributed by atoms with E-state index in [2.05, 4.69) is 15.3 Å². The highest BCUT2D eigenvalue weighted by molar-refractivity contribution is 7.89. The number of H-pyrrole nitrogens is 1. The minimum Gasteiger partial charge on any atom is -0.396 e. The minimum atomic E-state index is -4.09. The highest BCUT2D eigenvalue weighted by Gasteiger charge is 2.35. The molecule has 3 aromatic rings. The number of nitrogens with one attached hydrogen (secondary N) is 2. The van der Waals surface area contributed by atoms with E-state index in [1.54, 1.807) is 0 Å². The molecule has 2 unspecified atom stereocenters. The molecule has 170 valence electrons. The van der Waals surface area contributed by atoms with Crippen molar-refractivity contribution in [3.05, 3.63) is 53.9 Å². The number of halogens is 2. The van der Waals surface area contributed by atoms with Crippen LogP contribution in [-0.2, 0) is 10.0 Å². The van der Waals surface area contributed by atoms with Gasteiger partial charge < -0.3 is 20.5 Å². The summed E-state index contributed by atoms with van der Waals surface area (Å²) >= 11 is 0. The van der Waals surface area contributed by atoms with Crippen molar-refractivity contribution in [2.45, 2.75) is 17.4 Å². The lowest BCUT2D eigenvalue weighted by Gasteiger charge is -2.34. The molecular formula is C20H20F2N4O5S. The van der Waals surface area contributed by atoms with E-state index in [0.29, 0.717) is 0 Å². The number of hydrogen-bond donors (Lipinski definition) is 4. The van der Waals surface area contributed by atoms with Crippen LogP contribution in [0.15, 0.2) is 41.6 Å². The molecule has 32 heavy (non-hydrogen) atoms. The van der Waals surface area contributed by atoms with Crippen LogP contribution in [0.2, 0.25) is 0 Å². The van der Waals surface area contributed by atoms with E-state index in [-0.39, 0.29) is 53.3 Å². The standard InChI is InChI=1S/C20H20F2N4O5S/c21-15-2-1-12(5-16(15)22)25-20(29)14-6-13(7-17-19(14)24-10-23-17)32(30,31)26-4-3-11(9-27)18(28)8-26/h1-2,5-7,10-11,18,27-28H,3-4,8-9H2,(H,23,24)(H,25,29). The van der Waals surface area contributed by atoms with Crippen molar-refractivity contribution in [2.24, 2.45) is 5.92 Å². The molecule has 1 aromatic heterocycles. The Morgan fingerprint density at radius 1 is 1.25 bits per heavy atom. The lowest BCUT2D eigenvalue weighted by molar-refractivity contribution is 0.0222. The maximum Gasteiger partial charge on any atom is 0.257 e. The number of carbonyl (C=O) groups is 1. The maximum absolute atomic E-state index is 13.5. The lowest BCUT2D eigenvalue weighted by Crippen LogP contribution is -2.47. The van der Waals surface area contributed by atoms with Crippen molar-refractivity contribution in [3.63, 3.8) is 0 Å². The van der Waals surface area contributed by atoms with Crippen LogP contribution >= 0.6 is 0 Å². The van der Waals surface area contributed by atoms with Gasteiger partial charge in [0.15, 0.2) is 11.6 Å². The van der Waals surface area contributed by atoms with Crippen molar-refractivity contribution < 1.29 is 32.2 Å². The predicted octanol–water partition coefficient (Wildman–Crippen LogP) is 1.46. The normalized spacial score (nSPS) is 19.9. The largest absolute Gasteiger partial charge is 0.396 e. The molecule has 4 rings (SSSR count). The Bertz CT molecular complexity index is 1280. The van der Waals surface area contributed by atoms with E-state index in [1.807, 2.05) is 0 Å². The van der Waals surface area contributed by atoms with Gasteiger partial charge in [-0.05, 0) is 30.7 Å². The number of β-amino-alcohol motifs (C(OH)–C–C–N with tert-alkyl or cyclic N) is 1. The van der Waals surface area contributed by atoms with E-state index in [0.717, 1.165) is 22.5 Å². The Morgan fingerprint density at radius 3 is 2.72 bits per heavy atom. The average Bonchev–Trinajstić information content (AvgIpc) is 3.24. The molecule has 1 amide bonds. The van der Waals surface area contributed by atoms with Crippen LogP contribution in [0.1, 0.15) is 16.8 Å². The molecule has 0 spiro atoms. The Balaban J connectivity index is 1.68. The third-order valence-corrected chi connectivity index (χ3v) is 7.32. The molecule has 1 fully saturated rings. The van der Waals surface area contributed by atoms with Crippen molar-refractivity contribution in [1.82, 2.24) is 14.3 Å². The SMILES string of the molecule is O=C(Nc1ccc(F)c(F)c1)c1cc(S(=O)(=O)N2CCC(CO)C(O)C2)cc2nc[nH]c12. The summed E-state index contributed by atoms with van der Waals surface area (Å²) in [6.45, 7) is -0.343. The number of aliphatic hydroxyl groups excluding tert-OH is 2. The molecule has 0 aliphatic carbocycles. The van der Waals surface area contributed by atoms with Crippen LogP contribution in [0.5, 0.6) is 0 Å². The van der Waals surface area contributed by atoms with Crippen molar-refractivity contribution in [3.8, 4) is 0 Å². The maximum atomic E-state index is 13.5. The second-order valence-corrected chi connectivity index (χ2v) is 9.45. The van der Waals surface area contributed by atoms with Crippen LogP contribution in [-0.4, -0.2) is 64.6 Å². The fourth-order valence-corrected chi connectivity index (χ4v) is 5.17. The topological polar surface area (TPSA) is 136 Å². The summed E-state index contributed by atoms with van der Waals surface area (Å²) in [5, 5.41) is 21.8. The Morgan fingerprint density at radius 2 is 2.03 bits per heavy atom. The molecule has 9 nitrogen and oxygen atoms in total. The molecular weight excluding hydrogens is 446 g/mol. The first-order valence-electron chi connectivity index (χ1n) is 9.73. The van der Waals surface area contributed by atoms with Crippen molar-refractivity contribution in [1.29, 1.82) is 0 Å². The number of amides is 1. The number of rotatable bonds is 5. The quantitative estimate of drug-likeness (QED) is 0.450. The molecule has 12 heteroatoms. The van der Waals surface area contributed by atoms with Gasteiger partial charge in [-0.3, -0.25) is 4.79 Å². The van der Waals surface area contributed by atoms with Gasteiger partial charge in [0, 0.05) is 37.4 Å². The number of aromatic nitrogens is 2. The number of aromatic amines is 1. The Kier molecular flexibility index (Phi) is 5.95. The Labute approximate surface area is 181 Å². The number of hydrogen-bond acceptors (Lipinski definition) is 6. The highest BCUT2D eigenvalue weighted by atomic mass is 32.2. The second-order valence-electron chi connectivity index (χ2n) is 7.51. The predicted molar refractivity (Wildman–Crippen MR) is 110 cm³/mol. The number of benzene rings is 2. The summed E-state index contributed by atoms with van der Waals surface area (Å²) in [4.78, 5) is 19.5. The molecule has 4 N–H and O–H groups in total.